The topological polar surface area (TPSA) is 171 Å². The van der Waals surface area contributed by atoms with Gasteiger partial charge >= 0.3 is 6.09 Å². The van der Waals surface area contributed by atoms with Gasteiger partial charge in [-0.3, -0.25) is 9.59 Å². The van der Waals surface area contributed by atoms with Gasteiger partial charge in [0, 0.05) is 24.7 Å². The average molecular weight is 755 g/mol. The second-order valence-corrected chi connectivity index (χ2v) is 15.9. The number of aromatic amines is 2. The van der Waals surface area contributed by atoms with Crippen molar-refractivity contribution in [3.8, 4) is 33.6 Å². The molecule has 3 aliphatic rings. The number of amides is 3. The van der Waals surface area contributed by atoms with Crippen LogP contribution in [0.2, 0.25) is 0 Å². The number of hydrogen-bond donors (Lipinski definition) is 5. The van der Waals surface area contributed by atoms with Crippen molar-refractivity contribution >= 4 is 23.6 Å². The molecule has 1 aliphatic heterocycles. The van der Waals surface area contributed by atoms with Gasteiger partial charge in [-0.1, -0.05) is 80.6 Å². The summed E-state index contributed by atoms with van der Waals surface area (Å²) in [4.78, 5) is 57.5. The van der Waals surface area contributed by atoms with Crippen LogP contribution in [0.25, 0.3) is 33.6 Å². The third-order valence-electron chi connectivity index (χ3n) is 12.2. The SMILES string of the molecule is COC(=O)N[C@H](C(=O)N1CCC[C@H]1c1ncc(-c2ccc(-c3ccc(-c4cnc(C5C6CCC(C6)[C@@H]5C(=O)NCc5ccccc5N)[nH]4)cc3)cc2)[nH]1)C(C)C. The molecule has 2 aromatic heterocycles. The number of imidazole rings is 2. The number of hydrogen-bond acceptors (Lipinski definition) is 7. The van der Waals surface area contributed by atoms with Crippen LogP contribution in [-0.2, 0) is 20.9 Å². The van der Waals surface area contributed by atoms with Crippen molar-refractivity contribution in [2.45, 2.75) is 70.5 Å². The second kappa shape index (κ2) is 15.7. The maximum absolute atomic E-state index is 13.6. The summed E-state index contributed by atoms with van der Waals surface area (Å²) < 4.78 is 4.76. The molecule has 8 rings (SSSR count). The standard InChI is InChI=1S/C44H50N8O4/c1-25(2)39(51-44(55)56-3)43(54)52-20-6-9-36(52)40-46-23-34(49-40)28-14-10-26(11-15-28)27-12-16-29(17-13-27)35-24-47-41(50-35)37-30-18-19-31(21-30)38(37)42(53)48-22-32-7-4-5-8-33(32)45/h4-5,7-8,10-17,23-25,30-31,36-39H,6,9,18-22,45H2,1-3H3,(H,46,49)(H,47,50)(H,48,53)(H,51,55)/t30?,31?,36-,37?,38-,39-/m0/s1. The molecule has 1 saturated heterocycles. The van der Waals surface area contributed by atoms with Crippen molar-refractivity contribution in [2.24, 2.45) is 23.7 Å². The molecule has 12 heteroatoms. The van der Waals surface area contributed by atoms with Crippen LogP contribution >= 0.6 is 0 Å². The predicted octanol–water partition coefficient (Wildman–Crippen LogP) is 7.21. The van der Waals surface area contributed by atoms with E-state index in [1.54, 1.807) is 0 Å². The molecule has 5 aromatic rings. The summed E-state index contributed by atoms with van der Waals surface area (Å²) in [6.45, 7) is 4.85. The van der Waals surface area contributed by atoms with Gasteiger partial charge in [0.15, 0.2) is 0 Å². The van der Waals surface area contributed by atoms with E-state index < -0.39 is 12.1 Å². The Labute approximate surface area is 327 Å². The molecule has 56 heavy (non-hydrogen) atoms. The van der Waals surface area contributed by atoms with Gasteiger partial charge in [0.2, 0.25) is 11.8 Å². The number of carbonyl (C=O) groups excluding carboxylic acids is 3. The van der Waals surface area contributed by atoms with Crippen LogP contribution in [-0.4, -0.2) is 62.4 Å². The van der Waals surface area contributed by atoms with Crippen molar-refractivity contribution in [3.63, 3.8) is 0 Å². The van der Waals surface area contributed by atoms with E-state index >= 15 is 0 Å². The number of rotatable bonds is 11. The highest BCUT2D eigenvalue weighted by Gasteiger charge is 2.52. The number of nitrogens with two attached hydrogens (primary N) is 1. The van der Waals surface area contributed by atoms with Gasteiger partial charge in [-0.2, -0.15) is 0 Å². The molecule has 3 unspecified atom stereocenters. The third kappa shape index (κ3) is 7.27. The molecule has 6 N–H and O–H groups in total. The number of nitrogens with zero attached hydrogens (tertiary/aromatic N) is 3. The number of para-hydroxylation sites is 1. The third-order valence-corrected chi connectivity index (χ3v) is 12.2. The second-order valence-electron chi connectivity index (χ2n) is 15.9. The number of ether oxygens (including phenoxy) is 1. The Bertz CT molecular complexity index is 2190. The summed E-state index contributed by atoms with van der Waals surface area (Å²) >= 11 is 0. The first-order valence-corrected chi connectivity index (χ1v) is 19.8. The molecule has 3 heterocycles. The number of benzene rings is 3. The first kappa shape index (κ1) is 37.0. The van der Waals surface area contributed by atoms with E-state index in [4.69, 9.17) is 15.5 Å². The van der Waals surface area contributed by atoms with Gasteiger partial charge in [-0.15, -0.1) is 0 Å². The fourth-order valence-electron chi connectivity index (χ4n) is 9.24. The van der Waals surface area contributed by atoms with Gasteiger partial charge in [0.1, 0.15) is 17.7 Å². The molecule has 2 aliphatic carbocycles. The number of fused-ring (bicyclic) bond motifs is 2. The van der Waals surface area contributed by atoms with Crippen LogP contribution in [0.15, 0.2) is 85.2 Å². The number of nitrogens with one attached hydrogen (secondary N) is 4. The van der Waals surface area contributed by atoms with Crippen molar-refractivity contribution in [1.29, 1.82) is 0 Å². The molecule has 0 spiro atoms. The minimum Gasteiger partial charge on any atom is -0.453 e. The lowest BCUT2D eigenvalue weighted by atomic mass is 9.78. The van der Waals surface area contributed by atoms with Gasteiger partial charge in [0.05, 0.1) is 42.9 Å². The number of methoxy groups -OCH3 is 1. The molecule has 3 amide bonds. The molecule has 290 valence electrons. The van der Waals surface area contributed by atoms with Gasteiger partial charge < -0.3 is 36.0 Å². The predicted molar refractivity (Wildman–Crippen MR) is 215 cm³/mol. The molecule has 3 fully saturated rings. The normalized spacial score (nSPS) is 22.0. The number of aromatic nitrogens is 4. The van der Waals surface area contributed by atoms with E-state index in [1.807, 2.05) is 55.4 Å². The van der Waals surface area contributed by atoms with E-state index in [2.05, 4.69) is 74.1 Å². The first-order chi connectivity index (χ1) is 27.2. The zero-order valence-corrected chi connectivity index (χ0v) is 32.1. The fraction of sp³-hybridized carbons (Fsp3) is 0.386. The number of anilines is 1. The van der Waals surface area contributed by atoms with E-state index in [1.165, 1.54) is 7.11 Å². The summed E-state index contributed by atoms with van der Waals surface area (Å²) in [5.41, 5.74) is 13.8. The minimum absolute atomic E-state index is 0.0755. The van der Waals surface area contributed by atoms with Crippen molar-refractivity contribution in [1.82, 2.24) is 35.5 Å². The number of alkyl carbamates (subject to hydrolysis) is 1. The lowest BCUT2D eigenvalue weighted by molar-refractivity contribution is -0.135. The van der Waals surface area contributed by atoms with E-state index in [0.29, 0.717) is 30.6 Å². The number of H-pyrrole nitrogens is 2. The van der Waals surface area contributed by atoms with Crippen LogP contribution < -0.4 is 16.4 Å². The Morgan fingerprint density at radius 3 is 2.09 bits per heavy atom. The summed E-state index contributed by atoms with van der Waals surface area (Å²) in [6.07, 6.45) is 8.03. The largest absolute Gasteiger partial charge is 0.453 e. The highest BCUT2D eigenvalue weighted by Crippen LogP contribution is 2.56. The monoisotopic (exact) mass is 754 g/mol. The lowest BCUT2D eigenvalue weighted by Crippen LogP contribution is -2.51. The number of likely N-dealkylation sites (tertiary alicyclic amines) is 1. The molecular formula is C44H50N8O4. The summed E-state index contributed by atoms with van der Waals surface area (Å²) in [5.74, 6) is 2.30. The minimum atomic E-state index is -0.678. The van der Waals surface area contributed by atoms with E-state index in [-0.39, 0.29) is 35.6 Å². The molecular weight excluding hydrogens is 705 g/mol. The Morgan fingerprint density at radius 1 is 0.839 bits per heavy atom. The zero-order chi connectivity index (χ0) is 38.9. The van der Waals surface area contributed by atoms with Crippen LogP contribution in [0.3, 0.4) is 0 Å². The maximum atomic E-state index is 13.6. The molecule has 2 bridgehead atoms. The Balaban J connectivity index is 0.918. The average Bonchev–Trinajstić information content (AvgIpc) is 4.08. The maximum Gasteiger partial charge on any atom is 0.407 e. The summed E-state index contributed by atoms with van der Waals surface area (Å²) in [7, 11) is 1.30. The highest BCUT2D eigenvalue weighted by molar-refractivity contribution is 5.86. The van der Waals surface area contributed by atoms with Crippen LogP contribution in [0.4, 0.5) is 10.5 Å². The fourth-order valence-corrected chi connectivity index (χ4v) is 9.24. The molecule has 2 saturated carbocycles. The van der Waals surface area contributed by atoms with Crippen molar-refractivity contribution in [2.75, 3.05) is 19.4 Å². The Hall–Kier alpha value is -5.91. The van der Waals surface area contributed by atoms with Crippen LogP contribution in [0.5, 0.6) is 0 Å². The smallest absolute Gasteiger partial charge is 0.407 e. The molecule has 0 radical (unpaired) electrons. The quantitative estimate of drug-likeness (QED) is 0.0888. The first-order valence-electron chi connectivity index (χ1n) is 19.8. The zero-order valence-electron chi connectivity index (χ0n) is 32.1. The van der Waals surface area contributed by atoms with Crippen LogP contribution in [0, 0.1) is 23.7 Å². The van der Waals surface area contributed by atoms with Crippen LogP contribution in [0.1, 0.15) is 75.1 Å². The number of nitrogen functional groups attached to an aromatic ring is 1. The lowest BCUT2D eigenvalue weighted by Gasteiger charge is -2.30. The van der Waals surface area contributed by atoms with E-state index in [0.717, 1.165) is 83.0 Å². The number of carbonyl (C=O) groups is 3. The van der Waals surface area contributed by atoms with E-state index in [9.17, 15) is 14.4 Å². The van der Waals surface area contributed by atoms with Crippen molar-refractivity contribution < 1.29 is 19.1 Å². The molecule has 3 aromatic carbocycles. The highest BCUT2D eigenvalue weighted by atomic mass is 16.5. The van der Waals surface area contributed by atoms with Crippen molar-refractivity contribution in [3.05, 3.63) is 102 Å². The van der Waals surface area contributed by atoms with Gasteiger partial charge in [0.25, 0.3) is 0 Å². The molecule has 6 atom stereocenters. The summed E-state index contributed by atoms with van der Waals surface area (Å²) in [5, 5.41) is 5.88. The Kier molecular flexibility index (Phi) is 10.4. The van der Waals surface area contributed by atoms with Gasteiger partial charge in [-0.25, -0.2) is 14.8 Å². The van der Waals surface area contributed by atoms with Gasteiger partial charge in [-0.05, 0) is 83.7 Å². The Morgan fingerprint density at radius 2 is 1.45 bits per heavy atom. The molecule has 12 nitrogen and oxygen atoms in total. The summed E-state index contributed by atoms with van der Waals surface area (Å²) in [6, 6.07) is 23.6.